The lowest BCUT2D eigenvalue weighted by Gasteiger charge is -2.14. The molecular weight excluding hydrogens is 583 g/mol. The Morgan fingerprint density at radius 1 is 0.542 bits per heavy atom. The van der Waals surface area contributed by atoms with Crippen LogP contribution in [0.25, 0.3) is 77.5 Å². The number of hydrogen-bond donors (Lipinski definition) is 0. The van der Waals surface area contributed by atoms with E-state index < -0.39 is 0 Å². The molecule has 0 aliphatic heterocycles. The van der Waals surface area contributed by atoms with E-state index in [4.69, 9.17) is 9.97 Å². The van der Waals surface area contributed by atoms with Crippen LogP contribution in [-0.2, 0) is 0 Å². The summed E-state index contributed by atoms with van der Waals surface area (Å²) in [6, 6.07) is 52.1. The van der Waals surface area contributed by atoms with Crippen molar-refractivity contribution in [2.45, 2.75) is 13.3 Å². The lowest BCUT2D eigenvalue weighted by molar-refractivity contribution is 0.738. The van der Waals surface area contributed by atoms with E-state index in [2.05, 4.69) is 175 Å². The van der Waals surface area contributed by atoms with E-state index in [1.807, 2.05) is 0 Å². The molecule has 0 spiro atoms. The monoisotopic (exact) mass is 615 g/mol. The van der Waals surface area contributed by atoms with Crippen molar-refractivity contribution in [2.75, 3.05) is 0 Å². The number of rotatable bonds is 5. The first-order valence-electron chi connectivity index (χ1n) is 16.6. The molecule has 228 valence electrons. The molecule has 9 rings (SSSR count). The number of aromatic nitrogens is 3. The largest absolute Gasteiger partial charge is 0.309 e. The van der Waals surface area contributed by atoms with Crippen molar-refractivity contribution in [3.8, 4) is 39.2 Å². The van der Waals surface area contributed by atoms with Gasteiger partial charge >= 0.3 is 0 Å². The fourth-order valence-corrected chi connectivity index (χ4v) is 7.01. The molecular formula is C45H33N3. The van der Waals surface area contributed by atoms with Crippen LogP contribution in [-0.4, -0.2) is 14.5 Å². The first-order valence-corrected chi connectivity index (χ1v) is 16.6. The fourth-order valence-electron chi connectivity index (χ4n) is 7.01. The molecule has 0 N–H and O–H groups in total. The van der Waals surface area contributed by atoms with E-state index in [0.29, 0.717) is 5.92 Å². The zero-order chi connectivity index (χ0) is 32.0. The van der Waals surface area contributed by atoms with Gasteiger partial charge in [0.15, 0.2) is 5.82 Å². The molecule has 0 radical (unpaired) electrons. The SMILES string of the molecule is CC1C=CC(c2nc(-c3ccccc3)c3cc(-c4ccc5c(c4)c4ccc(-c6ccccc6)cc4n5-c4ccccc4)ccc3n2)=CC1. The van der Waals surface area contributed by atoms with Gasteiger partial charge in [-0.15, -0.1) is 0 Å². The Kier molecular flexibility index (Phi) is 6.83. The minimum atomic E-state index is 0.537. The first kappa shape index (κ1) is 28.2. The van der Waals surface area contributed by atoms with Gasteiger partial charge in [-0.25, -0.2) is 9.97 Å². The van der Waals surface area contributed by atoms with Crippen LogP contribution in [0.3, 0.4) is 0 Å². The van der Waals surface area contributed by atoms with Gasteiger partial charge in [0, 0.05) is 33.0 Å². The molecule has 3 heteroatoms. The van der Waals surface area contributed by atoms with Crippen molar-refractivity contribution >= 4 is 38.3 Å². The van der Waals surface area contributed by atoms with Crippen molar-refractivity contribution < 1.29 is 0 Å². The third kappa shape index (κ3) is 4.92. The number of para-hydroxylation sites is 1. The van der Waals surface area contributed by atoms with E-state index in [9.17, 15) is 0 Å². The van der Waals surface area contributed by atoms with Crippen LogP contribution in [0.15, 0.2) is 164 Å². The summed E-state index contributed by atoms with van der Waals surface area (Å²) in [5.74, 6) is 1.32. The Labute approximate surface area is 280 Å². The Morgan fingerprint density at radius 2 is 1.19 bits per heavy atom. The van der Waals surface area contributed by atoms with E-state index in [0.717, 1.165) is 51.2 Å². The molecule has 1 aliphatic carbocycles. The van der Waals surface area contributed by atoms with Crippen molar-refractivity contribution in [1.29, 1.82) is 0 Å². The highest BCUT2D eigenvalue weighted by Gasteiger charge is 2.17. The predicted octanol–water partition coefficient (Wildman–Crippen LogP) is 11.7. The number of nitrogens with zero attached hydrogens (tertiary/aromatic N) is 3. The third-order valence-electron chi connectivity index (χ3n) is 9.54. The lowest BCUT2D eigenvalue weighted by Crippen LogP contribution is -2.01. The van der Waals surface area contributed by atoms with Crippen molar-refractivity contribution in [3.63, 3.8) is 0 Å². The minimum Gasteiger partial charge on any atom is -0.309 e. The summed E-state index contributed by atoms with van der Waals surface area (Å²) in [4.78, 5) is 10.3. The zero-order valence-electron chi connectivity index (χ0n) is 26.7. The van der Waals surface area contributed by atoms with E-state index >= 15 is 0 Å². The molecule has 6 aromatic carbocycles. The van der Waals surface area contributed by atoms with Gasteiger partial charge in [-0.05, 0) is 77.1 Å². The van der Waals surface area contributed by atoms with E-state index in [1.165, 1.54) is 38.5 Å². The highest BCUT2D eigenvalue weighted by atomic mass is 15.0. The average molecular weight is 616 g/mol. The Bertz CT molecular complexity index is 2520. The zero-order valence-corrected chi connectivity index (χ0v) is 26.7. The second kappa shape index (κ2) is 11.6. The lowest BCUT2D eigenvalue weighted by atomic mass is 9.96. The standard InChI is InChI=1S/C45H33N3/c1-30-17-19-33(20-18-30)45-46-41-25-22-34(28-40(41)44(47-45)32-13-7-3-8-14-32)35-23-26-42-39(27-35)38-24-21-36(31-11-5-2-6-12-31)29-43(38)48(42)37-15-9-4-10-16-37/h2-17,19-30H,18H2,1H3. The summed E-state index contributed by atoms with van der Waals surface area (Å²) < 4.78 is 2.39. The van der Waals surface area contributed by atoms with Crippen molar-refractivity contribution in [2.24, 2.45) is 5.92 Å². The molecule has 0 bridgehead atoms. The topological polar surface area (TPSA) is 30.7 Å². The second-order valence-corrected chi connectivity index (χ2v) is 12.7. The molecule has 0 saturated heterocycles. The Hall–Kier alpha value is -6.06. The molecule has 0 amide bonds. The highest BCUT2D eigenvalue weighted by molar-refractivity contribution is 6.11. The maximum absolute atomic E-state index is 5.18. The Morgan fingerprint density at radius 3 is 1.92 bits per heavy atom. The molecule has 1 atom stereocenters. The molecule has 48 heavy (non-hydrogen) atoms. The number of hydrogen-bond acceptors (Lipinski definition) is 2. The second-order valence-electron chi connectivity index (χ2n) is 12.7. The maximum atomic E-state index is 5.18. The molecule has 0 saturated carbocycles. The molecule has 8 aromatic rings. The third-order valence-corrected chi connectivity index (χ3v) is 9.54. The van der Waals surface area contributed by atoms with Crippen LogP contribution < -0.4 is 0 Å². The molecule has 3 nitrogen and oxygen atoms in total. The average Bonchev–Trinajstić information content (AvgIpc) is 3.48. The van der Waals surface area contributed by atoms with Gasteiger partial charge in [-0.3, -0.25) is 0 Å². The number of fused-ring (bicyclic) bond motifs is 4. The minimum absolute atomic E-state index is 0.537. The quantitative estimate of drug-likeness (QED) is 0.193. The van der Waals surface area contributed by atoms with Crippen LogP contribution in [0.2, 0.25) is 0 Å². The first-order chi connectivity index (χ1) is 23.7. The number of allylic oxidation sites excluding steroid dienone is 4. The number of benzene rings is 6. The van der Waals surface area contributed by atoms with Crippen LogP contribution in [0.5, 0.6) is 0 Å². The summed E-state index contributed by atoms with van der Waals surface area (Å²) in [5.41, 5.74) is 12.4. The molecule has 2 aromatic heterocycles. The van der Waals surface area contributed by atoms with Crippen LogP contribution in [0, 0.1) is 5.92 Å². The van der Waals surface area contributed by atoms with Gasteiger partial charge in [-0.2, -0.15) is 0 Å². The van der Waals surface area contributed by atoms with E-state index in [1.54, 1.807) is 0 Å². The van der Waals surface area contributed by atoms with Gasteiger partial charge < -0.3 is 4.57 Å². The van der Waals surface area contributed by atoms with Crippen LogP contribution >= 0.6 is 0 Å². The Balaban J connectivity index is 1.22. The van der Waals surface area contributed by atoms with Gasteiger partial charge in [0.1, 0.15) is 0 Å². The summed E-state index contributed by atoms with van der Waals surface area (Å²) in [6.07, 6.45) is 7.69. The fraction of sp³-hybridized carbons (Fsp3) is 0.0667. The molecule has 0 fully saturated rings. The highest BCUT2D eigenvalue weighted by Crippen LogP contribution is 2.38. The predicted molar refractivity (Wildman–Crippen MR) is 201 cm³/mol. The van der Waals surface area contributed by atoms with E-state index in [-0.39, 0.29) is 0 Å². The van der Waals surface area contributed by atoms with Crippen molar-refractivity contribution in [1.82, 2.24) is 14.5 Å². The van der Waals surface area contributed by atoms with Crippen molar-refractivity contribution in [3.05, 3.63) is 170 Å². The van der Waals surface area contributed by atoms with Gasteiger partial charge in [0.05, 0.1) is 22.2 Å². The maximum Gasteiger partial charge on any atom is 0.160 e. The smallest absolute Gasteiger partial charge is 0.160 e. The van der Waals surface area contributed by atoms with Gasteiger partial charge in [0.2, 0.25) is 0 Å². The van der Waals surface area contributed by atoms with Crippen LogP contribution in [0.1, 0.15) is 19.2 Å². The summed E-state index contributed by atoms with van der Waals surface area (Å²) >= 11 is 0. The normalized spacial score (nSPS) is 14.5. The van der Waals surface area contributed by atoms with Gasteiger partial charge in [0.25, 0.3) is 0 Å². The van der Waals surface area contributed by atoms with Crippen LogP contribution in [0.4, 0.5) is 0 Å². The molecule has 1 unspecified atom stereocenters. The summed E-state index contributed by atoms with van der Waals surface area (Å²) in [7, 11) is 0. The molecule has 1 aliphatic rings. The summed E-state index contributed by atoms with van der Waals surface area (Å²) in [5, 5.41) is 3.51. The molecule has 2 heterocycles. The summed E-state index contributed by atoms with van der Waals surface area (Å²) in [6.45, 7) is 2.24. The van der Waals surface area contributed by atoms with Gasteiger partial charge in [-0.1, -0.05) is 128 Å².